The molecule has 0 amide bonds. The lowest BCUT2D eigenvalue weighted by molar-refractivity contribution is 0.166. The maximum absolute atomic E-state index is 14.1. The number of nitrogens with zero attached hydrogens (tertiary/aromatic N) is 1. The van der Waals surface area contributed by atoms with E-state index in [1.54, 1.807) is 31.9 Å². The molecule has 0 aliphatic carbocycles. The Kier molecular flexibility index (Phi) is 3.43. The summed E-state index contributed by atoms with van der Waals surface area (Å²) in [6.45, 7) is 7.84. The topological polar surface area (TPSA) is 74.4 Å². The molecule has 1 heterocycles. The second kappa shape index (κ2) is 4.79. The van der Waals surface area contributed by atoms with Crippen LogP contribution in [0.25, 0.3) is 0 Å². The average molecular weight is 278 g/mol. The van der Waals surface area contributed by atoms with Crippen molar-refractivity contribution in [1.82, 2.24) is 5.32 Å². The maximum Gasteiger partial charge on any atom is 0.180 e. The highest BCUT2D eigenvalue weighted by atomic mass is 19.1. The van der Waals surface area contributed by atoms with Gasteiger partial charge in [0.25, 0.3) is 0 Å². The molecule has 6 heteroatoms. The molecule has 1 aliphatic heterocycles. The lowest BCUT2D eigenvalue weighted by Crippen LogP contribution is -2.52. The third-order valence-corrected chi connectivity index (χ3v) is 3.14. The van der Waals surface area contributed by atoms with Gasteiger partial charge in [0.2, 0.25) is 0 Å². The van der Waals surface area contributed by atoms with Crippen LogP contribution in [0.5, 0.6) is 5.75 Å². The van der Waals surface area contributed by atoms with Crippen LogP contribution >= 0.6 is 0 Å². The van der Waals surface area contributed by atoms with Gasteiger partial charge in [-0.1, -0.05) is 6.58 Å². The summed E-state index contributed by atoms with van der Waals surface area (Å²) in [5.74, 6) is -0.254. The third kappa shape index (κ3) is 2.22. The molecular formula is C14H19FN4O. The minimum absolute atomic E-state index is 0.0949. The number of hydrogen-bond acceptors (Lipinski definition) is 4. The van der Waals surface area contributed by atoms with Crippen molar-refractivity contribution < 1.29 is 9.13 Å². The van der Waals surface area contributed by atoms with Crippen molar-refractivity contribution >= 4 is 17.2 Å². The Morgan fingerprint density at radius 3 is 2.80 bits per heavy atom. The number of benzene rings is 1. The molecule has 0 fully saturated rings. The second-order valence-electron chi connectivity index (χ2n) is 5.24. The van der Waals surface area contributed by atoms with Gasteiger partial charge in [-0.25, -0.2) is 4.39 Å². The first-order valence-electron chi connectivity index (χ1n) is 6.27. The number of nitrogens with two attached hydrogens (primary N) is 1. The molecule has 0 saturated heterocycles. The molecular weight excluding hydrogens is 259 g/mol. The van der Waals surface area contributed by atoms with Crippen LogP contribution in [0.4, 0.5) is 15.8 Å². The monoisotopic (exact) mass is 278 g/mol. The van der Waals surface area contributed by atoms with E-state index in [0.29, 0.717) is 17.9 Å². The van der Waals surface area contributed by atoms with Crippen molar-refractivity contribution in [1.29, 1.82) is 5.41 Å². The van der Waals surface area contributed by atoms with Crippen LogP contribution in [0, 0.1) is 11.2 Å². The average Bonchev–Trinajstić information content (AvgIpc) is 2.32. The number of fused-ring (bicyclic) bond motifs is 1. The van der Waals surface area contributed by atoms with Gasteiger partial charge in [-0.3, -0.25) is 10.3 Å². The van der Waals surface area contributed by atoms with E-state index < -0.39 is 11.4 Å². The number of hydrogen-bond donors (Lipinski definition) is 3. The fourth-order valence-corrected chi connectivity index (χ4v) is 2.17. The van der Waals surface area contributed by atoms with Crippen molar-refractivity contribution in [3.05, 3.63) is 30.2 Å². The smallest absolute Gasteiger partial charge is 0.180 e. The fraction of sp³-hybridized carbons (Fsp3) is 0.357. The Morgan fingerprint density at radius 1 is 1.55 bits per heavy atom. The zero-order valence-electron chi connectivity index (χ0n) is 11.9. The van der Waals surface area contributed by atoms with Crippen LogP contribution in [-0.2, 0) is 0 Å². The summed E-state index contributed by atoms with van der Waals surface area (Å²) in [4.78, 5) is 1.58. The van der Waals surface area contributed by atoms with Crippen LogP contribution in [0.2, 0.25) is 0 Å². The summed E-state index contributed by atoms with van der Waals surface area (Å²) in [6.07, 6.45) is 0. The third-order valence-electron chi connectivity index (χ3n) is 3.14. The maximum atomic E-state index is 14.1. The van der Waals surface area contributed by atoms with Crippen LogP contribution in [0.15, 0.2) is 24.4 Å². The molecule has 2 rings (SSSR count). The quantitative estimate of drug-likeness (QED) is 0.740. The van der Waals surface area contributed by atoms with Gasteiger partial charge in [-0.15, -0.1) is 0 Å². The minimum Gasteiger partial charge on any atom is -0.475 e. The number of halogens is 1. The largest absolute Gasteiger partial charge is 0.475 e. The number of anilines is 2. The summed E-state index contributed by atoms with van der Waals surface area (Å²) in [5.41, 5.74) is 6.06. The van der Waals surface area contributed by atoms with E-state index in [1.807, 2.05) is 0 Å². The Labute approximate surface area is 117 Å². The van der Waals surface area contributed by atoms with Gasteiger partial charge in [0.05, 0.1) is 5.69 Å². The first-order valence-corrected chi connectivity index (χ1v) is 6.27. The number of nitrogens with one attached hydrogen (secondary N) is 2. The SMILES string of the molecule is C=C(CNC)N1C(=N)C(C)(C)Oc2c(F)cc(N)cc21. The second-order valence-corrected chi connectivity index (χ2v) is 5.24. The van der Waals surface area contributed by atoms with Crippen molar-refractivity contribution in [2.24, 2.45) is 0 Å². The normalized spacial score (nSPS) is 16.6. The van der Waals surface area contributed by atoms with E-state index in [4.69, 9.17) is 15.9 Å². The lowest BCUT2D eigenvalue weighted by Gasteiger charge is -2.42. The molecule has 1 aromatic rings. The minimum atomic E-state index is -0.944. The highest BCUT2D eigenvalue weighted by molar-refractivity contribution is 6.07. The van der Waals surface area contributed by atoms with E-state index in [-0.39, 0.29) is 17.3 Å². The Bertz CT molecular complexity index is 583. The molecule has 1 aliphatic rings. The van der Waals surface area contributed by atoms with Crippen molar-refractivity contribution in [3.8, 4) is 5.75 Å². The number of likely N-dealkylation sites (N-methyl/N-ethyl adjacent to an activating group) is 1. The van der Waals surface area contributed by atoms with E-state index in [0.717, 1.165) is 0 Å². The number of rotatable bonds is 3. The molecule has 108 valence electrons. The first kappa shape index (κ1) is 14.3. The van der Waals surface area contributed by atoms with Gasteiger partial charge in [0, 0.05) is 24.0 Å². The van der Waals surface area contributed by atoms with E-state index in [9.17, 15) is 4.39 Å². The molecule has 0 bridgehead atoms. The van der Waals surface area contributed by atoms with Gasteiger partial charge in [-0.05, 0) is 27.0 Å². The molecule has 0 spiro atoms. The van der Waals surface area contributed by atoms with Gasteiger partial charge in [-0.2, -0.15) is 0 Å². The molecule has 0 atom stereocenters. The van der Waals surface area contributed by atoms with Crippen LogP contribution in [0.1, 0.15) is 13.8 Å². The highest BCUT2D eigenvalue weighted by Crippen LogP contribution is 2.42. The van der Waals surface area contributed by atoms with E-state index in [1.165, 1.54) is 6.07 Å². The molecule has 0 saturated carbocycles. The summed E-state index contributed by atoms with van der Waals surface area (Å²) < 4.78 is 19.7. The molecule has 0 unspecified atom stereocenters. The van der Waals surface area contributed by atoms with Crippen LogP contribution in [0.3, 0.4) is 0 Å². The summed E-state index contributed by atoms with van der Waals surface area (Å²) in [6, 6.07) is 2.80. The van der Waals surface area contributed by atoms with Crippen LogP contribution < -0.4 is 20.7 Å². The van der Waals surface area contributed by atoms with Gasteiger partial charge in [0.15, 0.2) is 17.2 Å². The predicted molar refractivity (Wildman–Crippen MR) is 78.8 cm³/mol. The lowest BCUT2D eigenvalue weighted by atomic mass is 10.0. The summed E-state index contributed by atoms with van der Waals surface area (Å²) in [7, 11) is 1.78. The van der Waals surface area contributed by atoms with Crippen molar-refractivity contribution in [3.63, 3.8) is 0 Å². The Balaban J connectivity index is 2.62. The predicted octanol–water partition coefficient (Wildman–Crippen LogP) is 2.10. The Hall–Kier alpha value is -2.08. The number of nitrogen functional groups attached to an aromatic ring is 1. The van der Waals surface area contributed by atoms with Crippen molar-refractivity contribution in [2.45, 2.75) is 19.4 Å². The van der Waals surface area contributed by atoms with E-state index >= 15 is 0 Å². The number of amidine groups is 1. The highest BCUT2D eigenvalue weighted by Gasteiger charge is 2.40. The van der Waals surface area contributed by atoms with Crippen molar-refractivity contribution in [2.75, 3.05) is 24.2 Å². The summed E-state index contributed by atoms with van der Waals surface area (Å²) in [5, 5.41) is 11.2. The van der Waals surface area contributed by atoms with Gasteiger partial charge >= 0.3 is 0 Å². The molecule has 1 aromatic carbocycles. The standard InChI is InChI=1S/C14H19FN4O/c1-8(7-18-4)19-11-6-9(16)5-10(15)12(11)20-14(2,3)13(19)17/h5-6,17-18H,1,7,16H2,2-4H3. The number of ether oxygens (including phenoxy) is 1. The molecule has 0 aromatic heterocycles. The van der Waals surface area contributed by atoms with E-state index in [2.05, 4.69) is 11.9 Å². The molecule has 4 N–H and O–H groups in total. The van der Waals surface area contributed by atoms with Gasteiger partial charge < -0.3 is 15.8 Å². The summed E-state index contributed by atoms with van der Waals surface area (Å²) >= 11 is 0. The zero-order valence-corrected chi connectivity index (χ0v) is 11.9. The Morgan fingerprint density at radius 2 is 2.20 bits per heavy atom. The fourth-order valence-electron chi connectivity index (χ4n) is 2.17. The van der Waals surface area contributed by atoms with Gasteiger partial charge in [0.1, 0.15) is 5.84 Å². The molecule has 5 nitrogen and oxygen atoms in total. The zero-order chi connectivity index (χ0) is 15.1. The van der Waals surface area contributed by atoms with Crippen LogP contribution in [-0.4, -0.2) is 25.0 Å². The first-order chi connectivity index (χ1) is 9.27. The molecule has 0 radical (unpaired) electrons. The molecule has 20 heavy (non-hydrogen) atoms.